The first-order chi connectivity index (χ1) is 16.4. The van der Waals surface area contributed by atoms with Crippen LogP contribution in [-0.2, 0) is 27.8 Å². The molecule has 0 spiro atoms. The van der Waals surface area contributed by atoms with Crippen LogP contribution in [0.4, 0.5) is 0 Å². The number of rotatable bonds is 10. The molecule has 2 N–H and O–H groups in total. The summed E-state index contributed by atoms with van der Waals surface area (Å²) in [6.45, 7) is -0.134. The van der Waals surface area contributed by atoms with Crippen LogP contribution in [0, 0.1) is 0 Å². The molecule has 0 radical (unpaired) electrons. The second-order valence-corrected chi connectivity index (χ2v) is 10.3. The number of thiophene rings is 1. The molecule has 34 heavy (non-hydrogen) atoms. The second-order valence-electron chi connectivity index (χ2n) is 7.26. The predicted molar refractivity (Wildman–Crippen MR) is 125 cm³/mol. The minimum Gasteiger partial charge on any atom is -0.497 e. The second kappa shape index (κ2) is 10.1. The fourth-order valence-corrected chi connectivity index (χ4v) is 5.54. The Morgan fingerprint density at radius 1 is 1.21 bits per heavy atom. The summed E-state index contributed by atoms with van der Waals surface area (Å²) in [5.41, 5.74) is 1.74. The molecule has 4 rings (SSSR count). The van der Waals surface area contributed by atoms with Crippen molar-refractivity contribution in [1.82, 2.24) is 24.7 Å². The van der Waals surface area contributed by atoms with E-state index in [-0.39, 0.29) is 17.2 Å². The summed E-state index contributed by atoms with van der Waals surface area (Å²) in [5, 5.41) is 17.5. The average Bonchev–Trinajstić information content (AvgIpc) is 3.52. The van der Waals surface area contributed by atoms with Crippen LogP contribution in [0.3, 0.4) is 0 Å². The zero-order valence-corrected chi connectivity index (χ0v) is 19.7. The van der Waals surface area contributed by atoms with E-state index in [1.165, 1.54) is 24.1 Å². The monoisotopic (exact) mass is 499 g/mol. The van der Waals surface area contributed by atoms with E-state index >= 15 is 0 Å². The highest BCUT2D eigenvalue weighted by atomic mass is 32.2. The molecule has 4 aromatic rings. The molecule has 3 heterocycles. The fourth-order valence-electron chi connectivity index (χ4n) is 3.21. The minimum atomic E-state index is -3.80. The number of carboxylic acid groups (broad SMARTS) is 1. The molecule has 12 heteroatoms. The first kappa shape index (κ1) is 23.5. The van der Waals surface area contributed by atoms with Gasteiger partial charge in [-0.15, -0.1) is 16.4 Å². The maximum absolute atomic E-state index is 12.7. The molecule has 0 amide bonds. The van der Waals surface area contributed by atoms with Gasteiger partial charge in [0.1, 0.15) is 9.96 Å². The van der Waals surface area contributed by atoms with Gasteiger partial charge in [-0.05, 0) is 42.0 Å². The SMILES string of the molecule is COc1cccc(CC(C(=O)O)n2cc(CNS(=O)(=O)c3ccc(-c4ccccn4)s3)nn2)c1. The summed E-state index contributed by atoms with van der Waals surface area (Å²) in [7, 11) is -2.26. The molecule has 0 saturated heterocycles. The van der Waals surface area contributed by atoms with Gasteiger partial charge in [0.05, 0.1) is 36.1 Å². The topological polar surface area (TPSA) is 136 Å². The van der Waals surface area contributed by atoms with E-state index in [9.17, 15) is 18.3 Å². The summed E-state index contributed by atoms with van der Waals surface area (Å²) in [6, 6.07) is 14.7. The van der Waals surface area contributed by atoms with Crippen molar-refractivity contribution in [2.24, 2.45) is 0 Å². The third-order valence-electron chi connectivity index (χ3n) is 4.93. The number of carboxylic acids is 1. The highest BCUT2D eigenvalue weighted by Gasteiger charge is 2.23. The molecule has 10 nitrogen and oxygen atoms in total. The van der Waals surface area contributed by atoms with Crippen molar-refractivity contribution >= 4 is 27.3 Å². The maximum atomic E-state index is 12.7. The highest BCUT2D eigenvalue weighted by Crippen LogP contribution is 2.29. The lowest BCUT2D eigenvalue weighted by molar-refractivity contribution is -0.141. The number of benzene rings is 1. The van der Waals surface area contributed by atoms with E-state index in [4.69, 9.17) is 4.74 Å². The van der Waals surface area contributed by atoms with Gasteiger partial charge in [0, 0.05) is 12.6 Å². The first-order valence-electron chi connectivity index (χ1n) is 10.1. The lowest BCUT2D eigenvalue weighted by atomic mass is 10.1. The van der Waals surface area contributed by atoms with Gasteiger partial charge in [0.2, 0.25) is 10.0 Å². The Balaban J connectivity index is 1.44. The molecule has 0 aliphatic heterocycles. The molecular formula is C22H21N5O5S2. The van der Waals surface area contributed by atoms with Crippen molar-refractivity contribution in [2.75, 3.05) is 7.11 Å². The van der Waals surface area contributed by atoms with Crippen LogP contribution in [-0.4, -0.2) is 46.6 Å². The van der Waals surface area contributed by atoms with Crippen molar-refractivity contribution in [1.29, 1.82) is 0 Å². The van der Waals surface area contributed by atoms with Gasteiger partial charge >= 0.3 is 5.97 Å². The number of ether oxygens (including phenoxy) is 1. The number of nitrogens with zero attached hydrogens (tertiary/aromatic N) is 4. The normalized spacial score (nSPS) is 12.4. The van der Waals surface area contributed by atoms with Crippen LogP contribution >= 0.6 is 11.3 Å². The van der Waals surface area contributed by atoms with Gasteiger partial charge in [-0.3, -0.25) is 4.98 Å². The molecule has 1 atom stereocenters. The Bertz CT molecular complexity index is 1390. The molecule has 0 saturated carbocycles. The fraction of sp³-hybridized carbons (Fsp3) is 0.182. The van der Waals surface area contributed by atoms with E-state index in [0.717, 1.165) is 21.8 Å². The molecular weight excluding hydrogens is 478 g/mol. The third-order valence-corrected chi connectivity index (χ3v) is 7.93. The first-order valence-corrected chi connectivity index (χ1v) is 12.4. The van der Waals surface area contributed by atoms with Crippen molar-refractivity contribution < 1.29 is 23.1 Å². The van der Waals surface area contributed by atoms with Crippen molar-refractivity contribution in [2.45, 2.75) is 23.2 Å². The van der Waals surface area contributed by atoms with Crippen LogP contribution in [0.2, 0.25) is 0 Å². The lowest BCUT2D eigenvalue weighted by Gasteiger charge is -2.12. The number of hydrogen-bond donors (Lipinski definition) is 2. The minimum absolute atomic E-state index is 0.134. The van der Waals surface area contributed by atoms with Crippen LogP contribution in [0.5, 0.6) is 5.75 Å². The van der Waals surface area contributed by atoms with E-state index in [2.05, 4.69) is 20.0 Å². The van der Waals surface area contributed by atoms with Gasteiger partial charge in [-0.2, -0.15) is 0 Å². The highest BCUT2D eigenvalue weighted by molar-refractivity contribution is 7.91. The molecule has 1 unspecified atom stereocenters. The summed E-state index contributed by atoms with van der Waals surface area (Å²) >= 11 is 1.10. The Morgan fingerprint density at radius 2 is 2.06 bits per heavy atom. The zero-order chi connectivity index (χ0) is 24.1. The Hall–Kier alpha value is -3.61. The molecule has 176 valence electrons. The van der Waals surface area contributed by atoms with Gasteiger partial charge in [-0.25, -0.2) is 22.6 Å². The third kappa shape index (κ3) is 5.47. The largest absolute Gasteiger partial charge is 0.497 e. The van der Waals surface area contributed by atoms with Crippen LogP contribution in [0.1, 0.15) is 17.3 Å². The van der Waals surface area contributed by atoms with Gasteiger partial charge in [-0.1, -0.05) is 23.4 Å². The van der Waals surface area contributed by atoms with Gasteiger partial charge in [0.25, 0.3) is 0 Å². The van der Waals surface area contributed by atoms with Crippen molar-refractivity contribution in [3.8, 4) is 16.3 Å². The zero-order valence-electron chi connectivity index (χ0n) is 18.0. The van der Waals surface area contributed by atoms with Crippen LogP contribution in [0.25, 0.3) is 10.6 Å². The number of aliphatic carboxylic acids is 1. The average molecular weight is 500 g/mol. The molecule has 0 aliphatic rings. The number of carbonyl (C=O) groups is 1. The number of nitrogens with one attached hydrogen (secondary N) is 1. The molecule has 0 fully saturated rings. The maximum Gasteiger partial charge on any atom is 0.328 e. The number of aromatic nitrogens is 4. The van der Waals surface area contributed by atoms with Crippen LogP contribution < -0.4 is 9.46 Å². The molecule has 0 bridgehead atoms. The van der Waals surface area contributed by atoms with Crippen molar-refractivity contribution in [3.63, 3.8) is 0 Å². The molecule has 1 aromatic carbocycles. The Labute approximate surface area is 199 Å². The summed E-state index contributed by atoms with van der Waals surface area (Å²) < 4.78 is 34.5. The number of hydrogen-bond acceptors (Lipinski definition) is 8. The Morgan fingerprint density at radius 3 is 2.79 bits per heavy atom. The van der Waals surface area contributed by atoms with Gasteiger partial charge < -0.3 is 9.84 Å². The molecule has 3 aromatic heterocycles. The summed E-state index contributed by atoms with van der Waals surface area (Å²) in [5.74, 6) is -0.462. The molecule has 0 aliphatic carbocycles. The quantitative estimate of drug-likeness (QED) is 0.340. The standard InChI is InChI=1S/C22H21N5O5S2/c1-32-17-6-4-5-15(11-17)12-19(22(28)29)27-14-16(25-26-27)13-24-34(30,31)21-9-8-20(33-21)18-7-2-3-10-23-18/h2-11,14,19,24H,12-13H2,1H3,(H,28,29). The summed E-state index contributed by atoms with van der Waals surface area (Å²) in [6.07, 6.45) is 3.23. The smallest absolute Gasteiger partial charge is 0.328 e. The number of methoxy groups -OCH3 is 1. The Kier molecular flexibility index (Phi) is 7.01. The van der Waals surface area contributed by atoms with E-state index in [1.807, 2.05) is 6.07 Å². The van der Waals surface area contributed by atoms with E-state index in [0.29, 0.717) is 17.1 Å². The summed E-state index contributed by atoms with van der Waals surface area (Å²) in [4.78, 5) is 16.8. The number of pyridine rings is 1. The van der Waals surface area contributed by atoms with Crippen molar-refractivity contribution in [3.05, 3.63) is 78.2 Å². The lowest BCUT2D eigenvalue weighted by Crippen LogP contribution is -2.23. The predicted octanol–water partition coefficient (Wildman–Crippen LogP) is 2.76. The van der Waals surface area contributed by atoms with E-state index < -0.39 is 22.0 Å². The number of sulfonamides is 1. The van der Waals surface area contributed by atoms with E-state index in [1.54, 1.807) is 48.7 Å². The van der Waals surface area contributed by atoms with Gasteiger partial charge in [0.15, 0.2) is 6.04 Å². The van der Waals surface area contributed by atoms with Crippen LogP contribution in [0.15, 0.2) is 71.2 Å².